The number of hydrogen-bond acceptors (Lipinski definition) is 10. The van der Waals surface area contributed by atoms with E-state index in [-0.39, 0.29) is 29.0 Å². The fourth-order valence-corrected chi connectivity index (χ4v) is 7.97. The number of benzene rings is 2. The summed E-state index contributed by atoms with van der Waals surface area (Å²) in [5.74, 6) is -2.63. The van der Waals surface area contributed by atoms with Crippen LogP contribution in [0.1, 0.15) is 26.4 Å². The Morgan fingerprint density at radius 1 is 0.710 bits per heavy atom. The topological polar surface area (TPSA) is 171 Å². The normalized spacial score (nSPS) is 11.9. The average molecular weight is 954 g/mol. The van der Waals surface area contributed by atoms with Crippen LogP contribution in [0.3, 0.4) is 0 Å². The van der Waals surface area contributed by atoms with Crippen LogP contribution in [-0.2, 0) is 22.9 Å². The summed E-state index contributed by atoms with van der Waals surface area (Å²) in [6.45, 7) is 17.5. The first-order valence-electron chi connectivity index (χ1n) is 19.4. The van der Waals surface area contributed by atoms with Crippen molar-refractivity contribution in [3.05, 3.63) is 93.7 Å². The number of carbonyl (C=O) groups excluding carboxylic acids is 2. The molecule has 6 heterocycles. The summed E-state index contributed by atoms with van der Waals surface area (Å²) < 4.78 is 69.0. The van der Waals surface area contributed by atoms with Crippen LogP contribution < -0.4 is 0 Å². The fourth-order valence-electron chi connectivity index (χ4n) is 6.18. The summed E-state index contributed by atoms with van der Waals surface area (Å²) in [6.07, 6.45) is 7.93. The first-order chi connectivity index (χ1) is 29.3. The van der Waals surface area contributed by atoms with Gasteiger partial charge in [0.2, 0.25) is 0 Å². The van der Waals surface area contributed by atoms with Gasteiger partial charge >= 0.3 is 0 Å². The molecule has 0 atom stereocenters. The van der Waals surface area contributed by atoms with Gasteiger partial charge in [-0.05, 0) is 41.0 Å². The number of carbonyl (C=O) groups is 2. The molecule has 0 spiro atoms. The van der Waals surface area contributed by atoms with Crippen LogP contribution in [-0.4, -0.2) is 91.4 Å². The zero-order chi connectivity index (χ0) is 44.9. The van der Waals surface area contributed by atoms with Gasteiger partial charge in [-0.3, -0.25) is 19.8 Å². The van der Waals surface area contributed by atoms with Crippen LogP contribution in [0.25, 0.3) is 55.5 Å². The Morgan fingerprint density at radius 3 is 1.81 bits per heavy atom. The Morgan fingerprint density at radius 2 is 1.24 bits per heavy atom. The highest BCUT2D eigenvalue weighted by molar-refractivity contribution is 9.10. The molecule has 326 valence electrons. The second kappa shape index (κ2) is 19.3. The van der Waals surface area contributed by atoms with E-state index < -0.39 is 39.4 Å². The molecule has 8 aromatic rings. The van der Waals surface area contributed by atoms with E-state index in [2.05, 4.69) is 95.5 Å². The SMILES string of the molecule is C[Si](C)(C)CCOCn1cc(C=O)c2nc(-c3n[nH]c4cc(F)cc(F)c34)cnc21.C[Si](C)(C)CCOCn1cc(C=O)c2nc(Br)cnc21.Cc1[nH]nc2cc(F)cc(F)c12. The van der Waals surface area contributed by atoms with E-state index >= 15 is 0 Å². The van der Waals surface area contributed by atoms with Crippen LogP contribution in [0.4, 0.5) is 17.6 Å². The highest BCUT2D eigenvalue weighted by Crippen LogP contribution is 2.30. The van der Waals surface area contributed by atoms with Crippen LogP contribution in [0.5, 0.6) is 0 Å². The minimum absolute atomic E-state index is 0.117. The number of fused-ring (bicyclic) bond motifs is 4. The molecule has 8 rings (SSSR count). The molecule has 6 aromatic heterocycles. The number of aromatic nitrogens is 10. The van der Waals surface area contributed by atoms with Gasteiger partial charge in [0.1, 0.15) is 63.8 Å². The summed E-state index contributed by atoms with van der Waals surface area (Å²) in [5.41, 5.74) is 4.64. The highest BCUT2D eigenvalue weighted by atomic mass is 79.9. The summed E-state index contributed by atoms with van der Waals surface area (Å²) in [6, 6.07) is 6.14. The third-order valence-electron chi connectivity index (χ3n) is 9.44. The van der Waals surface area contributed by atoms with Gasteiger partial charge in [-0.2, -0.15) is 10.2 Å². The van der Waals surface area contributed by atoms with E-state index in [4.69, 9.17) is 9.47 Å². The number of hydrogen-bond donors (Lipinski definition) is 2. The van der Waals surface area contributed by atoms with Crippen LogP contribution >= 0.6 is 15.9 Å². The van der Waals surface area contributed by atoms with Crippen molar-refractivity contribution in [1.29, 1.82) is 0 Å². The first-order valence-corrected chi connectivity index (χ1v) is 27.6. The minimum atomic E-state index is -1.20. The van der Waals surface area contributed by atoms with Gasteiger partial charge < -0.3 is 18.6 Å². The van der Waals surface area contributed by atoms with E-state index in [9.17, 15) is 27.2 Å². The number of nitrogens with one attached hydrogen (secondary N) is 2. The van der Waals surface area contributed by atoms with E-state index in [1.807, 2.05) is 4.57 Å². The lowest BCUT2D eigenvalue weighted by Gasteiger charge is -2.15. The van der Waals surface area contributed by atoms with Gasteiger partial charge in [-0.1, -0.05) is 39.3 Å². The van der Waals surface area contributed by atoms with Crippen molar-refractivity contribution in [2.45, 2.75) is 71.8 Å². The third-order valence-corrected chi connectivity index (χ3v) is 13.2. The Balaban J connectivity index is 0.000000171. The number of ether oxygens (including phenoxy) is 2. The summed E-state index contributed by atoms with van der Waals surface area (Å²) in [7, 11) is -2.29. The van der Waals surface area contributed by atoms with Crippen LogP contribution in [0.15, 0.2) is 53.7 Å². The van der Waals surface area contributed by atoms with Crippen molar-refractivity contribution in [1.82, 2.24) is 49.5 Å². The lowest BCUT2D eigenvalue weighted by Crippen LogP contribution is -2.22. The molecule has 0 aliphatic carbocycles. The maximum atomic E-state index is 14.3. The highest BCUT2D eigenvalue weighted by Gasteiger charge is 2.20. The first kappa shape index (κ1) is 46.0. The summed E-state index contributed by atoms with van der Waals surface area (Å²) in [5, 5.41) is 13.5. The number of rotatable bonds is 13. The predicted octanol–water partition coefficient (Wildman–Crippen LogP) is 9.85. The predicted molar refractivity (Wildman–Crippen MR) is 237 cm³/mol. The van der Waals surface area contributed by atoms with Crippen molar-refractivity contribution >= 4 is 88.8 Å². The molecule has 0 bridgehead atoms. The molecule has 0 radical (unpaired) electrons. The average Bonchev–Trinajstić information content (AvgIpc) is 3.97. The number of aryl methyl sites for hydroxylation is 1. The zero-order valence-corrected chi connectivity index (χ0v) is 38.7. The van der Waals surface area contributed by atoms with E-state index in [1.165, 1.54) is 12.3 Å². The number of H-pyrrole nitrogens is 2. The van der Waals surface area contributed by atoms with Gasteiger partial charge in [-0.15, -0.1) is 0 Å². The minimum Gasteiger partial charge on any atom is -0.361 e. The van der Waals surface area contributed by atoms with Gasteiger partial charge in [0.25, 0.3) is 0 Å². The van der Waals surface area contributed by atoms with Crippen molar-refractivity contribution in [2.75, 3.05) is 13.2 Å². The molecular weight excluding hydrogens is 909 g/mol. The lowest BCUT2D eigenvalue weighted by molar-refractivity contribution is 0.0895. The van der Waals surface area contributed by atoms with E-state index in [0.717, 1.165) is 43.2 Å². The molecule has 2 N–H and O–H groups in total. The number of halogens is 5. The molecule has 0 aliphatic heterocycles. The second-order valence-electron chi connectivity index (χ2n) is 16.8. The molecule has 0 unspecified atom stereocenters. The Labute approximate surface area is 363 Å². The van der Waals surface area contributed by atoms with Crippen molar-refractivity contribution in [3.63, 3.8) is 0 Å². The molecule has 2 aromatic carbocycles. The largest absolute Gasteiger partial charge is 0.361 e. The van der Waals surface area contributed by atoms with Crippen LogP contribution in [0, 0.1) is 30.2 Å². The molecule has 0 amide bonds. The van der Waals surface area contributed by atoms with E-state index in [0.29, 0.717) is 74.3 Å². The zero-order valence-electron chi connectivity index (χ0n) is 35.1. The monoisotopic (exact) mass is 952 g/mol. The van der Waals surface area contributed by atoms with Crippen molar-refractivity contribution in [2.24, 2.45) is 0 Å². The molecule has 21 heteroatoms. The van der Waals surface area contributed by atoms with Gasteiger partial charge in [0, 0.05) is 65.6 Å². The smallest absolute Gasteiger partial charge is 0.161 e. The summed E-state index contributed by atoms with van der Waals surface area (Å²) in [4.78, 5) is 40.1. The lowest BCUT2D eigenvalue weighted by atomic mass is 10.1. The van der Waals surface area contributed by atoms with Gasteiger partial charge in [0.15, 0.2) is 23.9 Å². The number of aldehydes is 2. The van der Waals surface area contributed by atoms with Gasteiger partial charge in [0.05, 0.1) is 45.3 Å². The molecule has 0 fully saturated rings. The quantitative estimate of drug-likeness (QED) is 0.0491. The molecular formula is C41H45BrF4N10O4Si2. The molecule has 62 heavy (non-hydrogen) atoms. The molecule has 0 saturated carbocycles. The van der Waals surface area contributed by atoms with E-state index in [1.54, 1.807) is 30.1 Å². The van der Waals surface area contributed by atoms with Gasteiger partial charge in [-0.25, -0.2) is 37.5 Å². The van der Waals surface area contributed by atoms with Crippen molar-refractivity contribution < 1.29 is 36.6 Å². The molecule has 0 saturated heterocycles. The molecule has 0 aliphatic rings. The Kier molecular flexibility index (Phi) is 14.3. The van der Waals surface area contributed by atoms with Crippen LogP contribution in [0.2, 0.25) is 51.4 Å². The second-order valence-corrected chi connectivity index (χ2v) is 28.9. The Hall–Kier alpha value is -5.49. The van der Waals surface area contributed by atoms with Crippen molar-refractivity contribution in [3.8, 4) is 11.4 Å². The third kappa shape index (κ3) is 11.1. The number of aromatic amines is 2. The standard InChI is InChI=1S/C20H21F2N5O2Si.C13H18BrN3O2Si.C8H6F2N2/c1-30(2,3)5-4-29-11-27-9-12(10-28)18-20(27)23-8-16(24-18)19-17-14(22)6-13(21)7-15(17)25-26-19;1-20(2,3)5-4-19-9-17-7-10(8-18)12-13(17)15-6-11(14)16-12;1-4-8-6(10)2-5(9)3-7(8)12-11-4/h6-10H,4-5,11H2,1-3H3,(H,25,26);6-8H,4-5,9H2,1-3H3;2-3H,1H3,(H,11,12). The summed E-state index contributed by atoms with van der Waals surface area (Å²) >= 11 is 3.27. The number of nitrogens with zero attached hydrogens (tertiary/aromatic N) is 8. The maximum absolute atomic E-state index is 14.3. The Bertz CT molecular complexity index is 2890. The molecule has 14 nitrogen and oxygen atoms in total. The maximum Gasteiger partial charge on any atom is 0.161 e. The fraction of sp³-hybridized carbons (Fsp3) is 0.317.